The molecular weight excluding hydrogens is 536 g/mol. The van der Waals surface area contributed by atoms with Crippen LogP contribution in [0.5, 0.6) is 0 Å². The second-order valence-corrected chi connectivity index (χ2v) is 12.1. The number of aliphatic carboxylic acids is 1. The Kier molecular flexibility index (Phi) is 8.17. The molecule has 4 unspecified atom stereocenters. The molecule has 36 heavy (non-hydrogen) atoms. The van der Waals surface area contributed by atoms with E-state index in [-0.39, 0.29) is 29.9 Å². The number of aryl methyl sites for hydroxylation is 1. The minimum absolute atomic E-state index is 0.00347. The van der Waals surface area contributed by atoms with Crippen LogP contribution in [0.3, 0.4) is 0 Å². The first-order valence-corrected chi connectivity index (χ1v) is 14.1. The molecule has 2 aliphatic heterocycles. The van der Waals surface area contributed by atoms with Gasteiger partial charge < -0.3 is 10.4 Å². The third-order valence-electron chi connectivity index (χ3n) is 5.67. The average molecular weight is 560 g/mol. The number of imide groups is 1. The number of tetrazole rings is 1. The normalized spacial score (nSPS) is 25.3. The predicted molar refractivity (Wildman–Crippen MR) is 126 cm³/mol. The molecule has 1 aromatic rings. The number of carboxylic acids is 1. The summed E-state index contributed by atoms with van der Waals surface area (Å²) in [5.74, 6) is -4.95. The van der Waals surface area contributed by atoms with Crippen molar-refractivity contribution in [2.45, 2.75) is 29.9 Å². The van der Waals surface area contributed by atoms with E-state index < -0.39 is 66.1 Å². The fourth-order valence-electron chi connectivity index (χ4n) is 4.23. The van der Waals surface area contributed by atoms with Gasteiger partial charge >= 0.3 is 18.3 Å². The summed E-state index contributed by atoms with van der Waals surface area (Å²) in [5.41, 5.74) is -0.310. The number of quaternary nitrogens is 1. The van der Waals surface area contributed by atoms with E-state index in [1.54, 1.807) is 7.05 Å². The number of carboxylic acid groups (broad SMARTS) is 1. The van der Waals surface area contributed by atoms with Gasteiger partial charge in [-0.2, -0.15) is 0 Å². The van der Waals surface area contributed by atoms with Crippen molar-refractivity contribution < 1.29 is 42.0 Å². The molecule has 0 aromatic carbocycles. The van der Waals surface area contributed by atoms with E-state index in [4.69, 9.17) is 0 Å². The first-order valence-electron chi connectivity index (χ1n) is 10.4. The highest BCUT2D eigenvalue weighted by molar-refractivity contribution is 8.14. The van der Waals surface area contributed by atoms with Gasteiger partial charge in [0.25, 0.3) is 5.12 Å². The molecule has 1 saturated heterocycles. The van der Waals surface area contributed by atoms with Crippen LogP contribution in [0.4, 0.5) is 0 Å². The summed E-state index contributed by atoms with van der Waals surface area (Å²) in [6.45, 7) is 4.65. The Morgan fingerprint density at radius 1 is 1.39 bits per heavy atom. The number of sulfone groups is 1. The molecule has 3 amide bonds. The van der Waals surface area contributed by atoms with Crippen molar-refractivity contribution in [1.29, 1.82) is 0 Å². The number of hydrogen-bond acceptors (Lipinski definition) is 12. The summed E-state index contributed by atoms with van der Waals surface area (Å²) in [4.78, 5) is 61.8. The Morgan fingerprint density at radius 3 is 2.61 bits per heavy atom. The first-order chi connectivity index (χ1) is 16.9. The molecule has 0 bridgehead atoms. The Hall–Kier alpha value is -2.89. The van der Waals surface area contributed by atoms with Gasteiger partial charge in [0.15, 0.2) is 0 Å². The van der Waals surface area contributed by atoms with Gasteiger partial charge in [-0.05, 0) is 16.8 Å². The molecule has 17 heteroatoms. The van der Waals surface area contributed by atoms with E-state index in [0.717, 1.165) is 18.7 Å². The zero-order valence-electron chi connectivity index (χ0n) is 19.2. The van der Waals surface area contributed by atoms with Crippen molar-refractivity contribution in [3.63, 3.8) is 0 Å². The summed E-state index contributed by atoms with van der Waals surface area (Å²) in [6.07, 6.45) is 1.52. The molecule has 1 fully saturated rings. The summed E-state index contributed by atoms with van der Waals surface area (Å²) >= 11 is 1.48. The van der Waals surface area contributed by atoms with Crippen molar-refractivity contribution in [1.82, 2.24) is 25.5 Å². The zero-order chi connectivity index (χ0) is 26.8. The number of aromatic nitrogens is 4. The van der Waals surface area contributed by atoms with Gasteiger partial charge in [0.2, 0.25) is 32.0 Å². The van der Waals surface area contributed by atoms with Crippen molar-refractivity contribution in [2.75, 3.05) is 17.3 Å². The summed E-state index contributed by atoms with van der Waals surface area (Å²) in [5, 5.41) is 20.5. The molecule has 194 valence electrons. The molecule has 0 radical (unpaired) electrons. The lowest BCUT2D eigenvalue weighted by molar-refractivity contribution is -0.779. The Morgan fingerprint density at radius 2 is 2.08 bits per heavy atom. The highest BCUT2D eigenvalue weighted by Crippen LogP contribution is 2.49. The number of carbonyl (C=O) groups excluding carboxylic acids is 4. The minimum Gasteiger partial charge on any atom is -0.480 e. The maximum Gasteiger partial charge on any atom is 0.337 e. The van der Waals surface area contributed by atoms with Crippen LogP contribution in [0.2, 0.25) is 0 Å². The molecule has 0 aliphatic carbocycles. The highest BCUT2D eigenvalue weighted by atomic mass is 32.2. The van der Waals surface area contributed by atoms with Crippen LogP contribution in [0, 0.1) is 5.92 Å². The smallest absolute Gasteiger partial charge is 0.337 e. The molecule has 0 spiro atoms. The molecule has 2 aliphatic rings. The molecule has 3 rings (SSSR count). The summed E-state index contributed by atoms with van der Waals surface area (Å²) in [6, 6.07) is -1.42. The maximum atomic E-state index is 13.4. The van der Waals surface area contributed by atoms with Gasteiger partial charge in [-0.25, -0.2) is 27.5 Å². The van der Waals surface area contributed by atoms with Gasteiger partial charge in [-0.3, -0.25) is 9.59 Å². The lowest BCUT2D eigenvalue weighted by Crippen LogP contribution is -2.78. The van der Waals surface area contributed by atoms with E-state index in [1.807, 2.05) is 0 Å². The fraction of sp³-hybridized carbons (Fsp3) is 0.474. The number of nitrogens with zero attached hydrogens (tertiary/aromatic N) is 5. The Labute approximate surface area is 214 Å². The van der Waals surface area contributed by atoms with E-state index in [9.17, 15) is 37.5 Å². The van der Waals surface area contributed by atoms with Gasteiger partial charge in [0, 0.05) is 31.1 Å². The van der Waals surface area contributed by atoms with E-state index >= 15 is 0 Å². The number of allylic oxidation sites excluding steroid dienone is 1. The fourth-order valence-corrected chi connectivity index (χ4v) is 8.59. The second-order valence-electron chi connectivity index (χ2n) is 8.07. The van der Waals surface area contributed by atoms with Crippen LogP contribution in [0.15, 0.2) is 29.1 Å². The highest BCUT2D eigenvalue weighted by Gasteiger charge is 2.74. The zero-order valence-corrected chi connectivity index (χ0v) is 21.6. The number of fused-ring (bicyclic) bond motifs is 1. The van der Waals surface area contributed by atoms with Gasteiger partial charge in [-0.15, -0.1) is 16.2 Å². The van der Waals surface area contributed by atoms with E-state index in [1.165, 1.54) is 10.8 Å². The molecule has 0 saturated carbocycles. The molecule has 3 heterocycles. The SMILES string of the molecule is C=CCC1C(=O)[N+]2(C=O)C(C(=O)SCC(NC(C)=O)C(=O)O)=C(CSc3nnnn3C)CS(=O)(=O)C12. The number of carbonyl (C=O) groups is 5. The quantitative estimate of drug-likeness (QED) is 0.109. The summed E-state index contributed by atoms with van der Waals surface area (Å²) < 4.78 is 26.5. The van der Waals surface area contributed by atoms with Crippen molar-refractivity contribution in [3.8, 4) is 0 Å². The number of hydrogen-bond donors (Lipinski definition) is 2. The largest absolute Gasteiger partial charge is 0.480 e. The minimum atomic E-state index is -4.05. The van der Waals surface area contributed by atoms with Gasteiger partial charge in [0.1, 0.15) is 12.0 Å². The van der Waals surface area contributed by atoms with Crippen molar-refractivity contribution in [3.05, 3.63) is 23.9 Å². The lowest BCUT2D eigenvalue weighted by Gasteiger charge is -2.51. The topological polar surface area (TPSA) is 195 Å². The standard InChI is InChI=1S/C19H22N6O8S3/c1-4-5-12-15(28)25(9-26)14(18(31)34-7-13(17(29)30)20-10(2)27)11(8-36(32,33)16(12)25)6-35-19-21-22-23-24(19)3/h4,9,12-13,16H,1,5-8H2,2-3H3,(H-,20,27,29,30)/p+1. The number of amides is 3. The molecular formula is C19H23N6O8S3+. The van der Waals surface area contributed by atoms with Crippen LogP contribution in [0.25, 0.3) is 0 Å². The van der Waals surface area contributed by atoms with Crippen LogP contribution in [-0.2, 0) is 40.9 Å². The number of β-lactam (4-membered cyclic amide) rings is 1. The molecule has 4 atom stereocenters. The van der Waals surface area contributed by atoms with E-state index in [2.05, 4.69) is 27.4 Å². The Bertz CT molecular complexity index is 1280. The van der Waals surface area contributed by atoms with Gasteiger partial charge in [-0.1, -0.05) is 29.6 Å². The Balaban J connectivity index is 2.05. The second kappa shape index (κ2) is 10.6. The van der Waals surface area contributed by atoms with Crippen molar-refractivity contribution in [2.24, 2.45) is 13.0 Å². The monoisotopic (exact) mass is 559 g/mol. The van der Waals surface area contributed by atoms with Crippen LogP contribution in [0.1, 0.15) is 13.3 Å². The first kappa shape index (κ1) is 27.7. The number of rotatable bonds is 11. The third kappa shape index (κ3) is 4.87. The number of nitrogens with one attached hydrogen (secondary N) is 1. The van der Waals surface area contributed by atoms with Crippen molar-refractivity contribution >= 4 is 62.7 Å². The van der Waals surface area contributed by atoms with E-state index in [0.29, 0.717) is 16.9 Å². The lowest BCUT2D eigenvalue weighted by atomic mass is 9.89. The molecule has 14 nitrogen and oxygen atoms in total. The van der Waals surface area contributed by atoms with Gasteiger partial charge in [0.05, 0.1) is 5.75 Å². The van der Waals surface area contributed by atoms with Crippen LogP contribution < -0.4 is 5.32 Å². The van der Waals surface area contributed by atoms with Crippen LogP contribution >= 0.6 is 23.5 Å². The van der Waals surface area contributed by atoms with Crippen LogP contribution in [-0.4, -0.2) is 96.2 Å². The maximum absolute atomic E-state index is 13.4. The predicted octanol–water partition coefficient (Wildman–Crippen LogP) is -1.13. The number of thioether (sulfide) groups is 2. The average Bonchev–Trinajstić information content (AvgIpc) is 3.21. The molecule has 1 aromatic heterocycles. The summed E-state index contributed by atoms with van der Waals surface area (Å²) in [7, 11) is -2.49. The molecule has 2 N–H and O–H groups in total. The third-order valence-corrected chi connectivity index (χ3v) is 9.87.